The lowest BCUT2D eigenvalue weighted by atomic mass is 10.0. The summed E-state index contributed by atoms with van der Waals surface area (Å²) < 4.78 is 3.60. The Labute approximate surface area is 188 Å². The van der Waals surface area contributed by atoms with E-state index in [4.69, 9.17) is 0 Å². The largest absolute Gasteiger partial charge is 0.368 e. The van der Waals surface area contributed by atoms with Gasteiger partial charge in [0.2, 0.25) is 0 Å². The number of hydrogen-bond acceptors (Lipinski definition) is 4. The van der Waals surface area contributed by atoms with Crippen molar-refractivity contribution in [2.24, 2.45) is 14.1 Å². The first-order valence-electron chi connectivity index (χ1n) is 11.2. The zero-order valence-corrected chi connectivity index (χ0v) is 19.2. The molecule has 0 N–H and O–H groups in total. The Morgan fingerprint density at radius 3 is 2.56 bits per heavy atom. The second-order valence-electron chi connectivity index (χ2n) is 8.65. The van der Waals surface area contributed by atoms with Crippen molar-refractivity contribution in [3.63, 3.8) is 0 Å². The number of aromatic nitrogens is 3. The Balaban J connectivity index is 1.68. The molecule has 0 saturated heterocycles. The second kappa shape index (κ2) is 7.86. The third-order valence-corrected chi connectivity index (χ3v) is 6.45. The van der Waals surface area contributed by atoms with Gasteiger partial charge in [-0.05, 0) is 49.2 Å². The second-order valence-corrected chi connectivity index (χ2v) is 8.65. The molecule has 0 spiro atoms. The number of fused-ring (bicyclic) bond motifs is 2. The Morgan fingerprint density at radius 1 is 0.969 bits per heavy atom. The van der Waals surface area contributed by atoms with Crippen molar-refractivity contribution in [1.82, 2.24) is 14.3 Å². The lowest BCUT2D eigenvalue weighted by Gasteiger charge is -2.39. The maximum Gasteiger partial charge on any atom is 0.253 e. The summed E-state index contributed by atoms with van der Waals surface area (Å²) in [5.74, 6) is 0. The van der Waals surface area contributed by atoms with Gasteiger partial charge in [-0.25, -0.2) is 0 Å². The van der Waals surface area contributed by atoms with Crippen molar-refractivity contribution in [3.8, 4) is 11.1 Å². The molecular formula is C26H29N5O. The van der Waals surface area contributed by atoms with Gasteiger partial charge < -0.3 is 14.4 Å². The maximum absolute atomic E-state index is 12.5. The summed E-state index contributed by atoms with van der Waals surface area (Å²) in [5, 5.41) is 5.46. The fourth-order valence-corrected chi connectivity index (χ4v) is 4.84. The average Bonchev–Trinajstić information content (AvgIpc) is 3.24. The van der Waals surface area contributed by atoms with Crippen LogP contribution in [0.5, 0.6) is 0 Å². The average molecular weight is 428 g/mol. The van der Waals surface area contributed by atoms with Crippen LogP contribution in [0.25, 0.3) is 22.0 Å². The molecule has 3 heterocycles. The van der Waals surface area contributed by atoms with Gasteiger partial charge in [-0.3, -0.25) is 9.48 Å². The standard InChI is InChI=1S/C26H29N5O/c1-5-11-30-12-13-31(23-8-6-7-22-21(23)14-18(2)26(32)29(22)4)24-10-9-19(15-25(24)30)20-16-27-28(3)17-20/h6-10,14-17H,5,11-13H2,1-4H3. The molecule has 0 unspecified atom stereocenters. The molecule has 2 aromatic heterocycles. The fourth-order valence-electron chi connectivity index (χ4n) is 4.84. The molecule has 0 radical (unpaired) electrons. The summed E-state index contributed by atoms with van der Waals surface area (Å²) >= 11 is 0. The van der Waals surface area contributed by atoms with Crippen LogP contribution in [0.1, 0.15) is 18.9 Å². The van der Waals surface area contributed by atoms with Crippen LogP contribution in [-0.2, 0) is 14.1 Å². The highest BCUT2D eigenvalue weighted by Gasteiger charge is 2.25. The third-order valence-electron chi connectivity index (χ3n) is 6.45. The first-order valence-corrected chi connectivity index (χ1v) is 11.2. The van der Waals surface area contributed by atoms with Crippen molar-refractivity contribution in [2.75, 3.05) is 29.4 Å². The molecule has 0 bridgehead atoms. The molecule has 1 aliphatic rings. The molecule has 0 aliphatic carbocycles. The molecule has 32 heavy (non-hydrogen) atoms. The highest BCUT2D eigenvalue weighted by Crippen LogP contribution is 2.42. The summed E-state index contributed by atoms with van der Waals surface area (Å²) in [5.41, 5.74) is 7.69. The number of hydrogen-bond donors (Lipinski definition) is 0. The zero-order valence-electron chi connectivity index (χ0n) is 19.2. The predicted octanol–water partition coefficient (Wildman–Crippen LogP) is 4.62. The fraction of sp³-hybridized carbons (Fsp3) is 0.308. The van der Waals surface area contributed by atoms with E-state index < -0.39 is 0 Å². The predicted molar refractivity (Wildman–Crippen MR) is 132 cm³/mol. The summed E-state index contributed by atoms with van der Waals surface area (Å²) in [7, 11) is 3.80. The zero-order chi connectivity index (χ0) is 22.4. The van der Waals surface area contributed by atoms with Gasteiger partial charge in [0.25, 0.3) is 5.56 Å². The summed E-state index contributed by atoms with van der Waals surface area (Å²) in [6.45, 7) is 7.01. The molecule has 0 fully saturated rings. The van der Waals surface area contributed by atoms with Crippen LogP contribution < -0.4 is 15.4 Å². The van der Waals surface area contributed by atoms with Crippen LogP contribution in [0.3, 0.4) is 0 Å². The van der Waals surface area contributed by atoms with E-state index in [1.807, 2.05) is 44.0 Å². The quantitative estimate of drug-likeness (QED) is 0.477. The van der Waals surface area contributed by atoms with Gasteiger partial charge in [-0.1, -0.05) is 19.1 Å². The highest BCUT2D eigenvalue weighted by molar-refractivity contribution is 5.97. The topological polar surface area (TPSA) is 46.3 Å². The Bertz CT molecular complexity index is 1370. The van der Waals surface area contributed by atoms with E-state index >= 15 is 0 Å². The van der Waals surface area contributed by atoms with E-state index in [-0.39, 0.29) is 5.56 Å². The van der Waals surface area contributed by atoms with E-state index in [1.54, 1.807) is 4.57 Å². The molecule has 2 aromatic carbocycles. The Morgan fingerprint density at radius 2 is 1.81 bits per heavy atom. The van der Waals surface area contributed by atoms with Crippen molar-refractivity contribution in [1.29, 1.82) is 0 Å². The van der Waals surface area contributed by atoms with E-state index in [9.17, 15) is 4.79 Å². The normalized spacial score (nSPS) is 13.6. The molecule has 0 saturated carbocycles. The van der Waals surface area contributed by atoms with Gasteiger partial charge in [0.05, 0.1) is 28.8 Å². The Kier molecular flexibility index (Phi) is 5.00. The number of anilines is 3. The molecule has 5 rings (SSSR count). The molecular weight excluding hydrogens is 398 g/mol. The van der Waals surface area contributed by atoms with E-state index in [1.165, 1.54) is 16.9 Å². The molecule has 0 atom stereocenters. The Hall–Kier alpha value is -3.54. The van der Waals surface area contributed by atoms with Crippen molar-refractivity contribution < 1.29 is 0 Å². The van der Waals surface area contributed by atoms with Crippen molar-refractivity contribution >= 4 is 28.0 Å². The van der Waals surface area contributed by atoms with Crippen LogP contribution in [0.15, 0.2) is 59.7 Å². The summed E-state index contributed by atoms with van der Waals surface area (Å²) in [4.78, 5) is 17.4. The number of aryl methyl sites for hydroxylation is 3. The smallest absolute Gasteiger partial charge is 0.253 e. The van der Waals surface area contributed by atoms with Gasteiger partial charge >= 0.3 is 0 Å². The molecule has 6 heteroatoms. The van der Waals surface area contributed by atoms with Gasteiger partial charge in [0.15, 0.2) is 0 Å². The summed E-state index contributed by atoms with van der Waals surface area (Å²) in [6, 6.07) is 15.0. The lowest BCUT2D eigenvalue weighted by molar-refractivity contribution is 0.732. The van der Waals surface area contributed by atoms with Crippen LogP contribution in [0.4, 0.5) is 17.1 Å². The first-order chi connectivity index (χ1) is 15.5. The van der Waals surface area contributed by atoms with Gasteiger partial charge in [-0.15, -0.1) is 0 Å². The van der Waals surface area contributed by atoms with Gasteiger partial charge in [0.1, 0.15) is 0 Å². The molecule has 6 nitrogen and oxygen atoms in total. The van der Waals surface area contributed by atoms with Crippen LogP contribution in [-0.4, -0.2) is 34.0 Å². The minimum absolute atomic E-state index is 0.0592. The van der Waals surface area contributed by atoms with Gasteiger partial charge in [-0.2, -0.15) is 5.10 Å². The maximum atomic E-state index is 12.5. The summed E-state index contributed by atoms with van der Waals surface area (Å²) in [6.07, 6.45) is 5.08. The SMILES string of the molecule is CCCN1CCN(c2cccc3c2cc(C)c(=O)n3C)c2ccc(-c3cnn(C)c3)cc21. The number of benzene rings is 2. The van der Waals surface area contributed by atoms with Crippen LogP contribution in [0, 0.1) is 6.92 Å². The van der Waals surface area contributed by atoms with Gasteiger partial charge in [0, 0.05) is 56.4 Å². The van der Waals surface area contributed by atoms with E-state index in [2.05, 4.69) is 58.4 Å². The van der Waals surface area contributed by atoms with Crippen LogP contribution in [0.2, 0.25) is 0 Å². The van der Waals surface area contributed by atoms with Crippen LogP contribution >= 0.6 is 0 Å². The monoisotopic (exact) mass is 427 g/mol. The minimum atomic E-state index is 0.0592. The molecule has 0 amide bonds. The van der Waals surface area contributed by atoms with Crippen molar-refractivity contribution in [2.45, 2.75) is 20.3 Å². The molecule has 164 valence electrons. The first kappa shape index (κ1) is 20.4. The number of nitrogens with zero attached hydrogens (tertiary/aromatic N) is 5. The van der Waals surface area contributed by atoms with E-state index in [0.29, 0.717) is 0 Å². The third kappa shape index (κ3) is 3.27. The lowest BCUT2D eigenvalue weighted by Crippen LogP contribution is -2.39. The van der Waals surface area contributed by atoms with Crippen molar-refractivity contribution in [3.05, 3.63) is 70.8 Å². The van der Waals surface area contributed by atoms with E-state index in [0.717, 1.165) is 53.8 Å². The molecule has 1 aliphatic heterocycles. The number of pyridine rings is 1. The highest BCUT2D eigenvalue weighted by atomic mass is 16.1. The minimum Gasteiger partial charge on any atom is -0.368 e. The number of rotatable bonds is 4. The molecule has 4 aromatic rings.